The second-order valence-electron chi connectivity index (χ2n) is 5.26. The third kappa shape index (κ3) is 5.00. The molecule has 1 N–H and O–H groups in total. The van der Waals surface area contributed by atoms with E-state index in [9.17, 15) is 4.79 Å². The zero-order valence-corrected chi connectivity index (χ0v) is 13.6. The van der Waals surface area contributed by atoms with E-state index in [0.29, 0.717) is 17.6 Å². The first-order valence-corrected chi connectivity index (χ1v) is 7.99. The normalized spacial score (nSPS) is 18.7. The van der Waals surface area contributed by atoms with E-state index in [1.165, 1.54) is 12.6 Å². The Balaban J connectivity index is 1.67. The lowest BCUT2D eigenvalue weighted by atomic mass is 10.2. The largest absolute Gasteiger partial charge is 0.386 e. The van der Waals surface area contributed by atoms with Crippen LogP contribution >= 0.6 is 11.6 Å². The van der Waals surface area contributed by atoms with Gasteiger partial charge < -0.3 is 10.2 Å². The Labute approximate surface area is 136 Å². The number of oxime groups is 1. The third-order valence-electron chi connectivity index (χ3n) is 3.81. The van der Waals surface area contributed by atoms with E-state index in [4.69, 9.17) is 16.4 Å². The minimum Gasteiger partial charge on any atom is -0.386 e. The standard InChI is InChI=1S/C16H22ClN3O2/c1-2-20-9-5-7-14(20)11-18-16(21)12-22-19-10-13-6-3-4-8-15(13)17/h3-4,6,8,10,14H,2,5,7,9,11-12H2,1H3,(H,18,21)/b19-10+/t14-/m0/s1. The van der Waals surface area contributed by atoms with Crippen LogP contribution < -0.4 is 5.32 Å². The van der Waals surface area contributed by atoms with Crippen molar-refractivity contribution < 1.29 is 9.63 Å². The molecule has 0 unspecified atom stereocenters. The van der Waals surface area contributed by atoms with Crippen LogP contribution in [-0.4, -0.2) is 49.3 Å². The maximum absolute atomic E-state index is 11.7. The molecule has 0 bridgehead atoms. The molecule has 1 heterocycles. The highest BCUT2D eigenvalue weighted by Crippen LogP contribution is 2.15. The Hall–Kier alpha value is -1.59. The highest BCUT2D eigenvalue weighted by Gasteiger charge is 2.22. The van der Waals surface area contributed by atoms with Gasteiger partial charge in [0.15, 0.2) is 6.61 Å². The molecule has 1 aromatic rings. The fourth-order valence-electron chi connectivity index (χ4n) is 2.60. The Morgan fingerprint density at radius 3 is 3.14 bits per heavy atom. The van der Waals surface area contributed by atoms with Crippen LogP contribution in [0.1, 0.15) is 25.3 Å². The summed E-state index contributed by atoms with van der Waals surface area (Å²) in [5, 5.41) is 7.26. The number of amides is 1. The van der Waals surface area contributed by atoms with Gasteiger partial charge in [-0.3, -0.25) is 9.69 Å². The minimum absolute atomic E-state index is 0.0835. The second kappa shape index (κ2) is 8.76. The summed E-state index contributed by atoms with van der Waals surface area (Å²) in [5.74, 6) is -0.153. The molecule has 120 valence electrons. The molecule has 2 rings (SSSR count). The van der Waals surface area contributed by atoms with Crippen molar-refractivity contribution >= 4 is 23.7 Å². The van der Waals surface area contributed by atoms with E-state index < -0.39 is 0 Å². The van der Waals surface area contributed by atoms with Crippen LogP contribution in [0.5, 0.6) is 0 Å². The quantitative estimate of drug-likeness (QED) is 0.619. The summed E-state index contributed by atoms with van der Waals surface area (Å²) < 4.78 is 0. The fraction of sp³-hybridized carbons (Fsp3) is 0.500. The van der Waals surface area contributed by atoms with Crippen molar-refractivity contribution in [3.05, 3.63) is 34.9 Å². The summed E-state index contributed by atoms with van der Waals surface area (Å²) in [7, 11) is 0. The Bertz CT molecular complexity index is 522. The van der Waals surface area contributed by atoms with E-state index in [-0.39, 0.29) is 12.5 Å². The molecule has 0 saturated carbocycles. The van der Waals surface area contributed by atoms with Crippen molar-refractivity contribution in [3.8, 4) is 0 Å². The van der Waals surface area contributed by atoms with Crippen LogP contribution in [0.4, 0.5) is 0 Å². The van der Waals surface area contributed by atoms with Crippen molar-refractivity contribution in [1.29, 1.82) is 0 Å². The van der Waals surface area contributed by atoms with Crippen LogP contribution in [0.15, 0.2) is 29.4 Å². The molecule has 6 heteroatoms. The van der Waals surface area contributed by atoms with Crippen molar-refractivity contribution in [3.63, 3.8) is 0 Å². The van der Waals surface area contributed by atoms with Crippen LogP contribution in [0.2, 0.25) is 5.02 Å². The maximum Gasteiger partial charge on any atom is 0.260 e. The zero-order valence-electron chi connectivity index (χ0n) is 12.8. The lowest BCUT2D eigenvalue weighted by molar-refractivity contribution is -0.125. The number of nitrogens with one attached hydrogen (secondary N) is 1. The number of carbonyl (C=O) groups is 1. The summed E-state index contributed by atoms with van der Waals surface area (Å²) in [6.07, 6.45) is 3.85. The molecule has 5 nitrogen and oxygen atoms in total. The van der Waals surface area contributed by atoms with Crippen molar-refractivity contribution in [1.82, 2.24) is 10.2 Å². The minimum atomic E-state index is -0.153. The SMILES string of the molecule is CCN1CCC[C@H]1CNC(=O)CO/N=C/c1ccccc1Cl. The van der Waals surface area contributed by atoms with E-state index >= 15 is 0 Å². The first-order chi connectivity index (χ1) is 10.7. The lowest BCUT2D eigenvalue weighted by Gasteiger charge is -2.22. The average molecular weight is 324 g/mol. The third-order valence-corrected chi connectivity index (χ3v) is 4.15. The molecule has 1 aliphatic rings. The number of rotatable bonds is 7. The van der Waals surface area contributed by atoms with Gasteiger partial charge >= 0.3 is 0 Å². The smallest absolute Gasteiger partial charge is 0.260 e. The molecule has 0 aromatic heterocycles. The summed E-state index contributed by atoms with van der Waals surface area (Å²) >= 11 is 5.98. The van der Waals surface area contributed by atoms with Crippen LogP contribution in [0, 0.1) is 0 Å². The van der Waals surface area contributed by atoms with E-state index in [0.717, 1.165) is 25.1 Å². The number of hydrogen-bond donors (Lipinski definition) is 1. The summed E-state index contributed by atoms with van der Waals surface area (Å²) in [4.78, 5) is 19.1. The Morgan fingerprint density at radius 1 is 1.55 bits per heavy atom. The van der Waals surface area contributed by atoms with Crippen molar-refractivity contribution in [2.75, 3.05) is 26.2 Å². The predicted octanol–water partition coefficient (Wildman–Crippen LogP) is 2.29. The highest BCUT2D eigenvalue weighted by atomic mass is 35.5. The topological polar surface area (TPSA) is 53.9 Å². The number of likely N-dealkylation sites (N-methyl/N-ethyl adjacent to an activating group) is 1. The molecule has 1 aliphatic heterocycles. The molecule has 1 amide bonds. The highest BCUT2D eigenvalue weighted by molar-refractivity contribution is 6.33. The Morgan fingerprint density at radius 2 is 2.36 bits per heavy atom. The lowest BCUT2D eigenvalue weighted by Crippen LogP contribution is -2.41. The van der Waals surface area contributed by atoms with Crippen LogP contribution in [-0.2, 0) is 9.63 Å². The number of benzene rings is 1. The molecular weight excluding hydrogens is 302 g/mol. The zero-order chi connectivity index (χ0) is 15.8. The second-order valence-corrected chi connectivity index (χ2v) is 5.67. The number of halogens is 1. The molecule has 1 atom stereocenters. The number of nitrogens with zero attached hydrogens (tertiary/aromatic N) is 2. The van der Waals surface area contributed by atoms with Gasteiger partial charge in [0.25, 0.3) is 5.91 Å². The first-order valence-electron chi connectivity index (χ1n) is 7.61. The fourth-order valence-corrected chi connectivity index (χ4v) is 2.78. The molecule has 0 spiro atoms. The van der Waals surface area contributed by atoms with Gasteiger partial charge in [-0.2, -0.15) is 0 Å². The van der Waals surface area contributed by atoms with Gasteiger partial charge in [0.1, 0.15) is 0 Å². The molecule has 1 saturated heterocycles. The molecule has 22 heavy (non-hydrogen) atoms. The van der Waals surface area contributed by atoms with Gasteiger partial charge in [-0.1, -0.05) is 41.9 Å². The Kier molecular flexibility index (Phi) is 6.68. The molecule has 1 fully saturated rings. The van der Waals surface area contributed by atoms with Crippen molar-refractivity contribution in [2.45, 2.75) is 25.8 Å². The molecule has 0 aliphatic carbocycles. The van der Waals surface area contributed by atoms with E-state index in [2.05, 4.69) is 22.3 Å². The molecular formula is C16H22ClN3O2. The van der Waals surface area contributed by atoms with Gasteiger partial charge in [-0.05, 0) is 32.0 Å². The predicted molar refractivity (Wildman–Crippen MR) is 88.3 cm³/mol. The first kappa shape index (κ1) is 16.8. The summed E-state index contributed by atoms with van der Waals surface area (Å²) in [6, 6.07) is 7.75. The molecule has 0 radical (unpaired) electrons. The number of carbonyl (C=O) groups excluding carboxylic acids is 1. The average Bonchev–Trinajstić information content (AvgIpc) is 2.98. The van der Waals surface area contributed by atoms with Gasteiger partial charge in [0.2, 0.25) is 0 Å². The monoisotopic (exact) mass is 323 g/mol. The van der Waals surface area contributed by atoms with Crippen LogP contribution in [0.3, 0.4) is 0 Å². The molecule has 1 aromatic carbocycles. The number of likely N-dealkylation sites (tertiary alicyclic amines) is 1. The van der Waals surface area contributed by atoms with Gasteiger partial charge in [-0.15, -0.1) is 0 Å². The number of hydrogen-bond acceptors (Lipinski definition) is 4. The van der Waals surface area contributed by atoms with E-state index in [1.54, 1.807) is 6.07 Å². The maximum atomic E-state index is 11.7. The summed E-state index contributed by atoms with van der Waals surface area (Å²) in [5.41, 5.74) is 0.758. The van der Waals surface area contributed by atoms with Gasteiger partial charge in [0, 0.05) is 23.2 Å². The van der Waals surface area contributed by atoms with Crippen molar-refractivity contribution in [2.24, 2.45) is 5.16 Å². The van der Waals surface area contributed by atoms with E-state index in [1.807, 2.05) is 18.2 Å². The van der Waals surface area contributed by atoms with Gasteiger partial charge in [0.05, 0.1) is 6.21 Å². The van der Waals surface area contributed by atoms with Gasteiger partial charge in [-0.25, -0.2) is 0 Å². The summed E-state index contributed by atoms with van der Waals surface area (Å²) in [6.45, 7) is 4.88. The van der Waals surface area contributed by atoms with Crippen LogP contribution in [0.25, 0.3) is 0 Å².